The van der Waals surface area contributed by atoms with Crippen molar-refractivity contribution in [2.75, 3.05) is 0 Å². The third-order valence-electron chi connectivity index (χ3n) is 3.90. The zero-order valence-corrected chi connectivity index (χ0v) is 17.8. The van der Waals surface area contributed by atoms with Crippen LogP contribution in [0.2, 0.25) is 0 Å². The van der Waals surface area contributed by atoms with Crippen molar-refractivity contribution < 1.29 is 29.9 Å². The van der Waals surface area contributed by atoms with Gasteiger partial charge in [0.15, 0.2) is 11.5 Å². The first-order chi connectivity index (χ1) is 13.3. The third kappa shape index (κ3) is 8.31. The molecule has 1 aliphatic rings. The molecule has 2 aromatic rings. The Bertz CT molecular complexity index is 823. The summed E-state index contributed by atoms with van der Waals surface area (Å²) in [5.41, 5.74) is 0. The molecule has 162 valence electrons. The average molecular weight is 456 g/mol. The second-order valence-electron chi connectivity index (χ2n) is 6.43. The van der Waals surface area contributed by atoms with Gasteiger partial charge in [-0.25, -0.2) is 0 Å². The maximum atomic E-state index is 9.87. The number of allylic oxidation sites excluding steroid dienone is 2. The van der Waals surface area contributed by atoms with Crippen molar-refractivity contribution in [1.29, 1.82) is 0 Å². The van der Waals surface area contributed by atoms with Gasteiger partial charge in [0.25, 0.3) is 0 Å². The molecule has 0 radical (unpaired) electrons. The number of ether oxygens (including phenoxy) is 1. The second kappa shape index (κ2) is 8.23. The van der Waals surface area contributed by atoms with Crippen molar-refractivity contribution >= 4 is 18.7 Å². The van der Waals surface area contributed by atoms with Crippen LogP contribution in [0.3, 0.4) is 0 Å². The van der Waals surface area contributed by atoms with Crippen LogP contribution in [0.1, 0.15) is 39.5 Å². The summed E-state index contributed by atoms with van der Waals surface area (Å²) in [4.78, 5) is 4.19. The van der Waals surface area contributed by atoms with Gasteiger partial charge in [-0.05, 0) is 43.2 Å². The molecule has 0 atom stereocenters. The molecule has 9 heteroatoms. The molecular weight excluding hydrogens is 433 g/mol. The monoisotopic (exact) mass is 456 g/mol. The second-order valence-corrected chi connectivity index (χ2v) is 10.4. The molecule has 0 spiro atoms. The molecule has 29 heavy (non-hydrogen) atoms. The van der Waals surface area contributed by atoms with Crippen LogP contribution in [-0.4, -0.2) is 0 Å². The summed E-state index contributed by atoms with van der Waals surface area (Å²) in [5.74, 6) is 2.03. The zero-order valence-electron chi connectivity index (χ0n) is 16.1. The van der Waals surface area contributed by atoms with Gasteiger partial charge in [0, 0.05) is 6.42 Å². The first-order valence-corrected chi connectivity index (χ1v) is 12.4. The maximum absolute atomic E-state index is 10.7. The molecular formula is C20H23F6OPS. The van der Waals surface area contributed by atoms with Gasteiger partial charge < -0.3 is 4.74 Å². The average Bonchev–Trinajstić information content (AvgIpc) is 2.61. The van der Waals surface area contributed by atoms with E-state index < -0.39 is 7.81 Å². The molecule has 0 amide bonds. The minimum atomic E-state index is -10.7. The van der Waals surface area contributed by atoms with Crippen molar-refractivity contribution in [3.8, 4) is 11.5 Å². The van der Waals surface area contributed by atoms with Gasteiger partial charge in [-0.3, -0.25) is 0 Å². The van der Waals surface area contributed by atoms with E-state index in [2.05, 4.69) is 68.5 Å². The number of benzene rings is 2. The predicted molar refractivity (Wildman–Crippen MR) is 108 cm³/mol. The van der Waals surface area contributed by atoms with Crippen LogP contribution in [0.25, 0.3) is 0 Å². The van der Waals surface area contributed by atoms with Crippen LogP contribution < -0.4 is 4.74 Å². The molecule has 0 aromatic heterocycles. The van der Waals surface area contributed by atoms with Crippen molar-refractivity contribution in [2.24, 2.45) is 0 Å². The number of hydrogen-bond donors (Lipinski definition) is 0. The van der Waals surface area contributed by atoms with Gasteiger partial charge in [-0.2, -0.15) is 0 Å². The molecule has 0 saturated carbocycles. The Labute approximate surface area is 169 Å². The minimum absolute atomic E-state index is 0.000300. The molecule has 3 rings (SSSR count). The van der Waals surface area contributed by atoms with E-state index in [0.717, 1.165) is 17.9 Å². The zero-order chi connectivity index (χ0) is 21.8. The van der Waals surface area contributed by atoms with Gasteiger partial charge in [-0.15, -0.1) is 0 Å². The SMILES string of the molecule is CCCC/C=C(/CC)[S+]1c2ccccc2Oc2ccccc21.F[P-](F)(F)(F)(F)F. The van der Waals surface area contributed by atoms with Crippen molar-refractivity contribution in [2.45, 2.75) is 49.3 Å². The molecule has 0 unspecified atom stereocenters. The van der Waals surface area contributed by atoms with E-state index in [4.69, 9.17) is 4.74 Å². The van der Waals surface area contributed by atoms with Gasteiger partial charge in [0.2, 0.25) is 9.79 Å². The number of unbranched alkanes of at least 4 members (excludes halogenated alkanes) is 2. The van der Waals surface area contributed by atoms with Crippen LogP contribution in [0.5, 0.6) is 11.5 Å². The van der Waals surface area contributed by atoms with E-state index in [9.17, 15) is 25.2 Å². The number of fused-ring (bicyclic) bond motifs is 2. The molecule has 1 aliphatic heterocycles. The molecule has 1 heterocycles. The fourth-order valence-corrected chi connectivity index (χ4v) is 5.19. The Morgan fingerprint density at radius 1 is 0.862 bits per heavy atom. The van der Waals surface area contributed by atoms with E-state index in [-0.39, 0.29) is 10.9 Å². The Hall–Kier alpha value is -1.66. The normalized spacial score (nSPS) is 16.3. The van der Waals surface area contributed by atoms with Gasteiger partial charge >= 0.3 is 33.0 Å². The summed E-state index contributed by atoms with van der Waals surface area (Å²) in [6, 6.07) is 17.0. The topological polar surface area (TPSA) is 9.23 Å². The Balaban J connectivity index is 0.000000370. The van der Waals surface area contributed by atoms with Gasteiger partial charge in [0.05, 0.1) is 0 Å². The summed E-state index contributed by atoms with van der Waals surface area (Å²) in [7, 11) is -10.7. The summed E-state index contributed by atoms with van der Waals surface area (Å²) in [6.45, 7) is 4.52. The summed E-state index contributed by atoms with van der Waals surface area (Å²) < 4.78 is 65.3. The van der Waals surface area contributed by atoms with E-state index in [1.54, 1.807) is 0 Å². The van der Waals surface area contributed by atoms with Crippen molar-refractivity contribution in [3.05, 3.63) is 59.5 Å². The van der Waals surface area contributed by atoms with Crippen molar-refractivity contribution in [3.63, 3.8) is 0 Å². The molecule has 0 bridgehead atoms. The fraction of sp³-hybridized carbons (Fsp3) is 0.300. The van der Waals surface area contributed by atoms with E-state index in [1.807, 2.05) is 0 Å². The first kappa shape index (κ1) is 23.6. The molecule has 1 nitrogen and oxygen atoms in total. The van der Waals surface area contributed by atoms with Crippen LogP contribution in [0.15, 0.2) is 69.3 Å². The van der Waals surface area contributed by atoms with E-state index in [0.29, 0.717) is 0 Å². The Kier molecular flexibility index (Phi) is 6.70. The van der Waals surface area contributed by atoms with E-state index >= 15 is 0 Å². The predicted octanol–water partition coefficient (Wildman–Crippen LogP) is 9.70. The fourth-order valence-electron chi connectivity index (χ4n) is 2.76. The number of hydrogen-bond acceptors (Lipinski definition) is 1. The standard InChI is InChI=1S/C20H23OS.F6P/c1-3-5-6-11-16(4-2)22-19-14-9-7-12-17(19)21-18-13-8-10-15-20(18)22;1-7(2,3,4,5)6/h7-15H,3-6H2,1-2H3;/q+1;-1/b16-11-;. The number of rotatable bonds is 5. The number of para-hydroxylation sites is 2. The van der Waals surface area contributed by atoms with Gasteiger partial charge in [0.1, 0.15) is 15.8 Å². The van der Waals surface area contributed by atoms with Crippen LogP contribution >= 0.6 is 7.81 Å². The first-order valence-electron chi connectivity index (χ1n) is 9.15. The van der Waals surface area contributed by atoms with Crippen molar-refractivity contribution in [1.82, 2.24) is 0 Å². The Morgan fingerprint density at radius 2 is 1.31 bits per heavy atom. The summed E-state index contributed by atoms with van der Waals surface area (Å²) in [6.07, 6.45) is 7.24. The van der Waals surface area contributed by atoms with Crippen LogP contribution in [-0.2, 0) is 10.9 Å². The quantitative estimate of drug-likeness (QED) is 0.188. The number of halogens is 6. The van der Waals surface area contributed by atoms with Gasteiger partial charge in [-0.1, -0.05) is 44.5 Å². The summed E-state index contributed by atoms with van der Waals surface area (Å²) in [5, 5.41) is 0. The summed E-state index contributed by atoms with van der Waals surface area (Å²) >= 11 is 0. The molecule has 0 N–H and O–H groups in total. The molecule has 0 aliphatic carbocycles. The molecule has 2 aromatic carbocycles. The Morgan fingerprint density at radius 3 is 1.72 bits per heavy atom. The van der Waals surface area contributed by atoms with E-state index in [1.165, 1.54) is 34.0 Å². The third-order valence-corrected chi connectivity index (χ3v) is 6.43. The molecule has 0 fully saturated rings. The molecule has 0 saturated heterocycles. The van der Waals surface area contributed by atoms with Crippen LogP contribution in [0, 0.1) is 0 Å². The van der Waals surface area contributed by atoms with Crippen LogP contribution in [0.4, 0.5) is 25.2 Å².